The SMILES string of the molecule is CC(C)(C)OC(=O)CN(CCOc1ccc(C(=O)c2cc3ccccc3oc2=O)cc1OCCN(CC(=O)OC(C)(C)C)CC(=O)OC(C)(C)C)CC(=O)OC(C)(C)C. The summed E-state index contributed by atoms with van der Waals surface area (Å²) in [6, 6.07) is 12.7. The van der Waals surface area contributed by atoms with Gasteiger partial charge in [0.25, 0.3) is 0 Å². The molecule has 0 N–H and O–H groups in total. The molecule has 0 aliphatic rings. The van der Waals surface area contributed by atoms with Gasteiger partial charge < -0.3 is 32.8 Å². The molecule has 15 nitrogen and oxygen atoms in total. The van der Waals surface area contributed by atoms with Gasteiger partial charge in [-0.1, -0.05) is 18.2 Å². The first-order valence-corrected chi connectivity index (χ1v) is 19.5. The molecule has 0 bridgehead atoms. The number of esters is 4. The number of hydrogen-bond acceptors (Lipinski definition) is 15. The number of nitrogens with zero attached hydrogens (tertiary/aromatic N) is 2. The van der Waals surface area contributed by atoms with E-state index in [2.05, 4.69) is 0 Å². The van der Waals surface area contributed by atoms with Gasteiger partial charge in [0.2, 0.25) is 5.78 Å². The first-order chi connectivity index (χ1) is 27.2. The van der Waals surface area contributed by atoms with Crippen molar-refractivity contribution in [1.29, 1.82) is 0 Å². The van der Waals surface area contributed by atoms with E-state index in [-0.39, 0.29) is 75.1 Å². The van der Waals surface area contributed by atoms with Gasteiger partial charge in [-0.3, -0.25) is 33.8 Å². The van der Waals surface area contributed by atoms with Gasteiger partial charge in [-0.2, -0.15) is 0 Å². The molecule has 2 aromatic carbocycles. The lowest BCUT2D eigenvalue weighted by molar-refractivity contribution is -0.162. The number of hydrogen-bond donors (Lipinski definition) is 0. The molecule has 0 spiro atoms. The number of benzene rings is 2. The highest BCUT2D eigenvalue weighted by Gasteiger charge is 2.26. The smallest absolute Gasteiger partial charge is 0.347 e. The van der Waals surface area contributed by atoms with Gasteiger partial charge in [0, 0.05) is 24.0 Å². The lowest BCUT2D eigenvalue weighted by atomic mass is 10.0. The van der Waals surface area contributed by atoms with Crippen LogP contribution >= 0.6 is 0 Å². The van der Waals surface area contributed by atoms with E-state index in [4.69, 9.17) is 32.8 Å². The van der Waals surface area contributed by atoms with Gasteiger partial charge in [0.1, 0.15) is 46.8 Å². The Morgan fingerprint density at radius 1 is 0.542 bits per heavy atom. The van der Waals surface area contributed by atoms with Crippen LogP contribution in [0.15, 0.2) is 57.7 Å². The van der Waals surface area contributed by atoms with Crippen molar-refractivity contribution in [3.63, 3.8) is 0 Å². The highest BCUT2D eigenvalue weighted by Crippen LogP contribution is 2.30. The molecule has 0 unspecified atom stereocenters. The summed E-state index contributed by atoms with van der Waals surface area (Å²) in [5.41, 5.74) is -3.61. The molecule has 0 radical (unpaired) electrons. The van der Waals surface area contributed by atoms with E-state index in [1.165, 1.54) is 34.1 Å². The first kappa shape index (κ1) is 48.1. The molecule has 0 saturated heterocycles. The maximum atomic E-state index is 13.8. The molecular weight excluding hydrogens is 764 g/mol. The summed E-state index contributed by atoms with van der Waals surface area (Å²) >= 11 is 0. The van der Waals surface area contributed by atoms with E-state index in [0.29, 0.717) is 11.0 Å². The summed E-state index contributed by atoms with van der Waals surface area (Å²) in [6.45, 7) is 19.9. The van der Waals surface area contributed by atoms with Crippen LogP contribution in [0.4, 0.5) is 0 Å². The van der Waals surface area contributed by atoms with Crippen molar-refractivity contribution < 1.29 is 56.8 Å². The van der Waals surface area contributed by atoms with Crippen LogP contribution in [0.2, 0.25) is 0 Å². The molecule has 1 aromatic heterocycles. The van der Waals surface area contributed by atoms with Crippen LogP contribution < -0.4 is 15.1 Å². The van der Waals surface area contributed by atoms with Crippen LogP contribution in [-0.2, 0) is 38.1 Å². The van der Waals surface area contributed by atoms with E-state index in [0.717, 1.165) is 0 Å². The topological polar surface area (TPSA) is 177 Å². The minimum atomic E-state index is -0.813. The van der Waals surface area contributed by atoms with E-state index < -0.39 is 57.7 Å². The van der Waals surface area contributed by atoms with Crippen LogP contribution in [0.25, 0.3) is 11.0 Å². The molecule has 0 atom stereocenters. The summed E-state index contributed by atoms with van der Waals surface area (Å²) in [6.07, 6.45) is 0. The first-order valence-electron chi connectivity index (χ1n) is 19.5. The van der Waals surface area contributed by atoms with Crippen molar-refractivity contribution in [2.75, 3.05) is 52.5 Å². The summed E-state index contributed by atoms with van der Waals surface area (Å²) < 4.78 is 39.6. The van der Waals surface area contributed by atoms with E-state index in [1.807, 2.05) is 0 Å². The van der Waals surface area contributed by atoms with Gasteiger partial charge in [0.15, 0.2) is 11.5 Å². The zero-order chi connectivity index (χ0) is 44.3. The fraction of sp³-hybridized carbons (Fsp3) is 0.545. The number of carbonyl (C=O) groups excluding carboxylic acids is 5. The minimum Gasteiger partial charge on any atom is -0.488 e. The van der Waals surface area contributed by atoms with Gasteiger partial charge in [0.05, 0.1) is 26.2 Å². The Labute approximate surface area is 346 Å². The highest BCUT2D eigenvalue weighted by molar-refractivity contribution is 6.10. The standard InChI is InChI=1S/C44H60N2O13/c1-41(2,3)56-35(47)25-45(26-36(48)57-42(4,5)6)19-21-53-33-18-17-30(39(51)31-23-29-15-13-14-16-32(29)55-40(31)52)24-34(33)54-22-20-46(27-37(49)58-43(7,8)9)28-38(50)59-44(10,11)12/h13-18,23-24H,19-22,25-28H2,1-12H3. The van der Waals surface area contributed by atoms with Gasteiger partial charge in [-0.05, 0) is 113 Å². The van der Waals surface area contributed by atoms with Crippen molar-refractivity contribution in [2.24, 2.45) is 0 Å². The van der Waals surface area contributed by atoms with E-state index in [9.17, 15) is 28.8 Å². The van der Waals surface area contributed by atoms with Crippen molar-refractivity contribution in [3.8, 4) is 11.5 Å². The number of rotatable bonds is 18. The molecule has 3 rings (SSSR count). The molecule has 0 amide bonds. The Morgan fingerprint density at radius 3 is 1.37 bits per heavy atom. The van der Waals surface area contributed by atoms with Crippen molar-refractivity contribution in [2.45, 2.75) is 105 Å². The Bertz CT molecular complexity index is 1950. The van der Waals surface area contributed by atoms with Gasteiger partial charge >= 0.3 is 29.5 Å². The third-order valence-corrected chi connectivity index (χ3v) is 7.51. The van der Waals surface area contributed by atoms with E-state index >= 15 is 0 Å². The summed E-state index contributed by atoms with van der Waals surface area (Å²) in [4.78, 5) is 80.9. The Morgan fingerprint density at radius 2 is 0.949 bits per heavy atom. The van der Waals surface area contributed by atoms with Crippen LogP contribution in [0.3, 0.4) is 0 Å². The third kappa shape index (κ3) is 18.0. The second-order valence-electron chi connectivity index (χ2n) is 17.9. The quantitative estimate of drug-likeness (QED) is 0.0655. The molecule has 59 heavy (non-hydrogen) atoms. The predicted molar refractivity (Wildman–Crippen MR) is 220 cm³/mol. The zero-order valence-corrected chi connectivity index (χ0v) is 36.5. The largest absolute Gasteiger partial charge is 0.488 e. The maximum absolute atomic E-state index is 13.8. The average Bonchev–Trinajstić information content (AvgIpc) is 3.04. The number of ketones is 1. The van der Waals surface area contributed by atoms with Crippen LogP contribution in [0.1, 0.15) is 99.0 Å². The second kappa shape index (κ2) is 20.1. The van der Waals surface area contributed by atoms with E-state index in [1.54, 1.807) is 107 Å². The Balaban J connectivity index is 1.92. The fourth-order valence-corrected chi connectivity index (χ4v) is 5.48. The molecule has 0 saturated carbocycles. The molecule has 0 fully saturated rings. The predicted octanol–water partition coefficient (Wildman–Crippen LogP) is 5.75. The van der Waals surface area contributed by atoms with Gasteiger partial charge in [-0.25, -0.2) is 4.79 Å². The lowest BCUT2D eigenvalue weighted by Gasteiger charge is -2.27. The fourth-order valence-electron chi connectivity index (χ4n) is 5.48. The number of fused-ring (bicyclic) bond motifs is 1. The average molecular weight is 825 g/mol. The molecule has 15 heteroatoms. The summed E-state index contributed by atoms with van der Waals surface area (Å²) in [7, 11) is 0. The summed E-state index contributed by atoms with van der Waals surface area (Å²) in [5.74, 6) is -2.56. The zero-order valence-electron chi connectivity index (χ0n) is 36.5. The molecule has 0 aliphatic carbocycles. The van der Waals surface area contributed by atoms with Gasteiger partial charge in [-0.15, -0.1) is 0 Å². The number of para-hydroxylation sites is 1. The van der Waals surface area contributed by atoms with Crippen LogP contribution in [0, 0.1) is 0 Å². The third-order valence-electron chi connectivity index (χ3n) is 7.51. The summed E-state index contributed by atoms with van der Waals surface area (Å²) in [5, 5.41) is 0.560. The van der Waals surface area contributed by atoms with Crippen molar-refractivity contribution in [3.05, 3.63) is 70.1 Å². The molecule has 0 aliphatic heterocycles. The van der Waals surface area contributed by atoms with Crippen molar-refractivity contribution in [1.82, 2.24) is 9.80 Å². The second-order valence-corrected chi connectivity index (χ2v) is 17.9. The number of carbonyl (C=O) groups is 5. The molecule has 324 valence electrons. The minimum absolute atomic E-state index is 0.0456. The molecule has 3 aromatic rings. The highest BCUT2D eigenvalue weighted by atomic mass is 16.6. The van der Waals surface area contributed by atoms with Crippen molar-refractivity contribution >= 4 is 40.6 Å². The number of ether oxygens (including phenoxy) is 6. The maximum Gasteiger partial charge on any atom is 0.347 e. The molecule has 1 heterocycles. The lowest BCUT2D eigenvalue weighted by Crippen LogP contribution is -2.41. The van der Waals surface area contributed by atoms with Crippen LogP contribution in [0.5, 0.6) is 11.5 Å². The monoisotopic (exact) mass is 824 g/mol. The Hall–Kier alpha value is -5.28. The molecular formula is C44H60N2O13. The Kier molecular flexibility index (Phi) is 16.4. The van der Waals surface area contributed by atoms with Crippen LogP contribution in [-0.4, -0.2) is 114 Å². The normalized spacial score (nSPS) is 12.3.